The summed E-state index contributed by atoms with van der Waals surface area (Å²) in [5, 5.41) is 41.3. The van der Waals surface area contributed by atoms with Crippen LogP contribution in [0.5, 0.6) is 0 Å². The number of tetrazole rings is 1. The van der Waals surface area contributed by atoms with Crippen molar-refractivity contribution in [3.05, 3.63) is 107 Å². The van der Waals surface area contributed by atoms with Crippen molar-refractivity contribution in [3.8, 4) is 22.5 Å². The number of nitrogens with one attached hydrogen (secondary N) is 3. The molecule has 2 heterocycles. The number of hydrogen-bond donors (Lipinski definition) is 5. The largest absolute Gasteiger partial charge is 0.381 e. The number of H-pyrrole nitrogens is 1. The van der Waals surface area contributed by atoms with Gasteiger partial charge in [-0.15, -0.1) is 10.2 Å². The number of aliphatic hydroxyl groups excluding tert-OH is 1. The summed E-state index contributed by atoms with van der Waals surface area (Å²) in [7, 11) is 0. The van der Waals surface area contributed by atoms with Crippen LogP contribution in [-0.2, 0) is 24.2 Å². The molecule has 0 unspecified atom stereocenters. The number of aryl methyl sites for hydroxylation is 1. The molecule has 2 atom stereocenters. The number of benzene rings is 3. The molecule has 0 aliphatic carbocycles. The van der Waals surface area contributed by atoms with Crippen LogP contribution in [0.15, 0.2) is 84.9 Å². The second kappa shape index (κ2) is 13.6. The van der Waals surface area contributed by atoms with Crippen LogP contribution in [0.3, 0.4) is 0 Å². The van der Waals surface area contributed by atoms with Gasteiger partial charge in [0.05, 0.1) is 12.6 Å². The summed E-state index contributed by atoms with van der Waals surface area (Å²) in [4.78, 5) is 25.3. The van der Waals surface area contributed by atoms with Crippen molar-refractivity contribution in [2.75, 3.05) is 0 Å². The number of hydroxylamine groups is 1. The Morgan fingerprint density at radius 1 is 0.953 bits per heavy atom. The summed E-state index contributed by atoms with van der Waals surface area (Å²) in [6.07, 6.45) is 0.0608. The Kier molecular flexibility index (Phi) is 9.29. The van der Waals surface area contributed by atoms with Gasteiger partial charge >= 0.3 is 0 Å². The average molecular weight is 581 g/mol. The van der Waals surface area contributed by atoms with E-state index < -0.39 is 24.0 Å². The first-order valence-corrected chi connectivity index (χ1v) is 13.9. The Morgan fingerprint density at radius 3 is 2.35 bits per heavy atom. The van der Waals surface area contributed by atoms with E-state index in [9.17, 15) is 14.7 Å². The fraction of sp³-hybridized carbons (Fsp3) is 0.226. The van der Waals surface area contributed by atoms with E-state index in [-0.39, 0.29) is 12.1 Å². The van der Waals surface area contributed by atoms with Gasteiger partial charge in [0.1, 0.15) is 5.69 Å². The van der Waals surface area contributed by atoms with Gasteiger partial charge < -0.3 is 10.4 Å². The number of aliphatic hydroxyl groups is 1. The lowest BCUT2D eigenvalue weighted by molar-refractivity contribution is -0.139. The molecule has 0 radical (unpaired) electrons. The quantitative estimate of drug-likeness (QED) is 0.111. The minimum Gasteiger partial charge on any atom is -0.381 e. The second-order valence-corrected chi connectivity index (χ2v) is 10.1. The van der Waals surface area contributed by atoms with E-state index in [1.54, 1.807) is 10.7 Å². The van der Waals surface area contributed by atoms with Crippen LogP contribution in [0.1, 0.15) is 40.7 Å². The van der Waals surface area contributed by atoms with Gasteiger partial charge in [0.15, 0.2) is 6.10 Å². The van der Waals surface area contributed by atoms with E-state index in [1.165, 1.54) is 5.48 Å². The maximum absolute atomic E-state index is 13.3. The Morgan fingerprint density at radius 2 is 1.67 bits per heavy atom. The molecule has 0 saturated carbocycles. The first-order chi connectivity index (χ1) is 21.0. The molecule has 12 heteroatoms. The smallest absolute Gasteiger partial charge is 0.274 e. The molecule has 0 fully saturated rings. The van der Waals surface area contributed by atoms with E-state index in [1.807, 2.05) is 85.8 Å². The standard InChI is InChI=1S/C31H32N8O4/c1-2-8-23-18-27(30(41)32-26(28(40)31(42)36-43)17-20-9-4-3-5-10-20)35-39(23)19-21-13-15-22(16-14-21)24-11-6-7-12-25(24)29-33-37-38-34-29/h3-7,9-16,18,26,28,40,43H,2,8,17,19H2,1H3,(H,32,41)(H,36,42)(H,33,34,37,38)/t26-,28-/m1/s1. The van der Waals surface area contributed by atoms with Crippen molar-refractivity contribution in [2.45, 2.75) is 44.9 Å². The van der Waals surface area contributed by atoms with Crippen LogP contribution in [0.4, 0.5) is 0 Å². The summed E-state index contributed by atoms with van der Waals surface area (Å²) in [6.45, 7) is 2.49. The summed E-state index contributed by atoms with van der Waals surface area (Å²) < 4.78 is 1.80. The van der Waals surface area contributed by atoms with Crippen LogP contribution < -0.4 is 10.8 Å². The minimum absolute atomic E-state index is 0.170. The normalized spacial score (nSPS) is 12.4. The number of rotatable bonds is 12. The topological polar surface area (TPSA) is 171 Å². The molecule has 0 saturated heterocycles. The molecular weight excluding hydrogens is 548 g/mol. The SMILES string of the molecule is CCCc1cc(C(=O)N[C@H](Cc2ccccc2)[C@@H](O)C(=O)NO)nn1Cc1ccc(-c2ccccc2-c2nn[nH]n2)cc1. The van der Waals surface area contributed by atoms with Gasteiger partial charge in [-0.05, 0) is 46.4 Å². The van der Waals surface area contributed by atoms with Crippen LogP contribution >= 0.6 is 0 Å². The Balaban J connectivity index is 1.34. The molecular formula is C31H32N8O4. The third-order valence-electron chi connectivity index (χ3n) is 7.09. The highest BCUT2D eigenvalue weighted by Crippen LogP contribution is 2.30. The summed E-state index contributed by atoms with van der Waals surface area (Å²) in [5.74, 6) is -1.03. The molecule has 43 heavy (non-hydrogen) atoms. The molecule has 3 aromatic carbocycles. The van der Waals surface area contributed by atoms with Crippen molar-refractivity contribution >= 4 is 11.8 Å². The van der Waals surface area contributed by atoms with Gasteiger partial charge in [-0.3, -0.25) is 19.5 Å². The van der Waals surface area contributed by atoms with Crippen molar-refractivity contribution in [2.24, 2.45) is 0 Å². The van der Waals surface area contributed by atoms with Crippen molar-refractivity contribution < 1.29 is 19.9 Å². The van der Waals surface area contributed by atoms with Gasteiger partial charge in [-0.2, -0.15) is 10.3 Å². The molecule has 220 valence electrons. The Labute approximate surface area is 247 Å². The van der Waals surface area contributed by atoms with Crippen molar-refractivity contribution in [1.82, 2.24) is 41.2 Å². The summed E-state index contributed by atoms with van der Waals surface area (Å²) in [6, 6.07) is 25.8. The molecule has 0 aliphatic heterocycles. The maximum Gasteiger partial charge on any atom is 0.274 e. The number of hydrogen-bond acceptors (Lipinski definition) is 8. The third-order valence-corrected chi connectivity index (χ3v) is 7.09. The Bertz CT molecular complexity index is 1650. The summed E-state index contributed by atoms with van der Waals surface area (Å²) >= 11 is 0. The average Bonchev–Trinajstić information content (AvgIpc) is 3.72. The first kappa shape index (κ1) is 29.3. The molecule has 5 N–H and O–H groups in total. The zero-order valence-electron chi connectivity index (χ0n) is 23.5. The molecule has 0 aliphatic rings. The van der Waals surface area contributed by atoms with Gasteiger partial charge in [-0.1, -0.05) is 92.2 Å². The lowest BCUT2D eigenvalue weighted by Crippen LogP contribution is -2.51. The van der Waals surface area contributed by atoms with E-state index in [2.05, 4.69) is 31.0 Å². The lowest BCUT2D eigenvalue weighted by atomic mass is 9.98. The lowest BCUT2D eigenvalue weighted by Gasteiger charge is -2.22. The second-order valence-electron chi connectivity index (χ2n) is 10.1. The highest BCUT2D eigenvalue weighted by Gasteiger charge is 2.29. The zero-order valence-corrected chi connectivity index (χ0v) is 23.5. The van der Waals surface area contributed by atoms with Gasteiger partial charge in [0, 0.05) is 11.3 Å². The van der Waals surface area contributed by atoms with E-state index >= 15 is 0 Å². The number of carbonyl (C=O) groups excluding carboxylic acids is 2. The Hall–Kier alpha value is -5.20. The molecule has 12 nitrogen and oxygen atoms in total. The van der Waals surface area contributed by atoms with Crippen LogP contribution in [0, 0.1) is 0 Å². The predicted octanol–water partition coefficient (Wildman–Crippen LogP) is 2.94. The van der Waals surface area contributed by atoms with Crippen LogP contribution in [0.25, 0.3) is 22.5 Å². The minimum atomic E-state index is -1.67. The van der Waals surface area contributed by atoms with E-state index in [0.717, 1.165) is 39.9 Å². The first-order valence-electron chi connectivity index (χ1n) is 13.9. The predicted molar refractivity (Wildman–Crippen MR) is 158 cm³/mol. The number of carbonyl (C=O) groups is 2. The van der Waals surface area contributed by atoms with Crippen molar-refractivity contribution in [1.29, 1.82) is 0 Å². The van der Waals surface area contributed by atoms with E-state index in [0.29, 0.717) is 18.8 Å². The van der Waals surface area contributed by atoms with Gasteiger partial charge in [0.2, 0.25) is 5.82 Å². The number of nitrogens with zero attached hydrogens (tertiary/aromatic N) is 5. The number of aromatic nitrogens is 6. The van der Waals surface area contributed by atoms with Gasteiger partial charge in [-0.25, -0.2) is 5.48 Å². The maximum atomic E-state index is 13.3. The highest BCUT2D eigenvalue weighted by molar-refractivity contribution is 5.93. The number of aromatic amines is 1. The van der Waals surface area contributed by atoms with Gasteiger partial charge in [0.25, 0.3) is 11.8 Å². The van der Waals surface area contributed by atoms with Crippen molar-refractivity contribution in [3.63, 3.8) is 0 Å². The molecule has 5 aromatic rings. The highest BCUT2D eigenvalue weighted by atomic mass is 16.5. The zero-order chi connectivity index (χ0) is 30.2. The molecule has 5 rings (SSSR count). The molecule has 0 bridgehead atoms. The summed E-state index contributed by atoms with van der Waals surface area (Å²) in [5.41, 5.74) is 7.14. The monoisotopic (exact) mass is 580 g/mol. The van der Waals surface area contributed by atoms with Crippen LogP contribution in [0.2, 0.25) is 0 Å². The number of amides is 2. The molecule has 0 spiro atoms. The third kappa shape index (κ3) is 7.00. The van der Waals surface area contributed by atoms with E-state index in [4.69, 9.17) is 5.21 Å². The molecule has 2 amide bonds. The molecule has 2 aromatic heterocycles. The fourth-order valence-electron chi connectivity index (χ4n) is 4.93. The van der Waals surface area contributed by atoms with Crippen LogP contribution in [-0.4, -0.2) is 64.7 Å². The fourth-order valence-corrected chi connectivity index (χ4v) is 4.93.